The van der Waals surface area contributed by atoms with Crippen LogP contribution in [-0.4, -0.2) is 55.6 Å². The van der Waals surface area contributed by atoms with Crippen molar-refractivity contribution in [2.45, 2.75) is 0 Å². The van der Waals surface area contributed by atoms with E-state index in [2.05, 4.69) is 10.4 Å². The van der Waals surface area contributed by atoms with Gasteiger partial charge in [0, 0.05) is 5.56 Å². The van der Waals surface area contributed by atoms with Gasteiger partial charge in [-0.05, 0) is 42.5 Å². The highest BCUT2D eigenvalue weighted by atomic mass is 35.5. The first-order valence-corrected chi connectivity index (χ1v) is 12.0. The van der Waals surface area contributed by atoms with Crippen molar-refractivity contribution in [3.63, 3.8) is 0 Å². The summed E-state index contributed by atoms with van der Waals surface area (Å²) < 4.78 is 22.4. The molecule has 39 heavy (non-hydrogen) atoms. The number of rotatable bonds is 9. The lowest BCUT2D eigenvalue weighted by molar-refractivity contribution is -0.118. The molecule has 10 nitrogen and oxygen atoms in total. The van der Waals surface area contributed by atoms with E-state index in [1.807, 2.05) is 6.07 Å². The lowest BCUT2D eigenvalue weighted by Crippen LogP contribution is -2.20. The number of para-hydroxylation sites is 2. The summed E-state index contributed by atoms with van der Waals surface area (Å²) in [7, 11) is 3.85. The van der Waals surface area contributed by atoms with Gasteiger partial charge in [0.05, 0.1) is 37.7 Å². The zero-order valence-corrected chi connectivity index (χ0v) is 22.0. The molecule has 3 aromatic carbocycles. The van der Waals surface area contributed by atoms with Crippen molar-refractivity contribution in [3.05, 3.63) is 89.1 Å². The third-order valence-corrected chi connectivity index (χ3v) is 5.93. The Kier molecular flexibility index (Phi) is 8.47. The van der Waals surface area contributed by atoms with Crippen LogP contribution in [0.4, 0.5) is 5.69 Å². The first-order valence-electron chi connectivity index (χ1n) is 11.6. The van der Waals surface area contributed by atoms with Gasteiger partial charge in [0.1, 0.15) is 11.3 Å². The van der Waals surface area contributed by atoms with Crippen molar-refractivity contribution in [1.82, 2.24) is 9.78 Å². The molecule has 0 saturated carbocycles. The zero-order chi connectivity index (χ0) is 27.9. The maximum Gasteiger partial charge on any atom is 0.357 e. The van der Waals surface area contributed by atoms with Crippen LogP contribution in [0.15, 0.2) is 72.8 Å². The zero-order valence-electron chi connectivity index (χ0n) is 21.3. The smallest absolute Gasteiger partial charge is 0.357 e. The molecule has 0 fully saturated rings. The second-order valence-electron chi connectivity index (χ2n) is 7.99. The van der Waals surface area contributed by atoms with Gasteiger partial charge in [0.15, 0.2) is 23.8 Å². The molecule has 1 heterocycles. The van der Waals surface area contributed by atoms with Crippen LogP contribution in [0.5, 0.6) is 11.5 Å². The Balaban J connectivity index is 1.69. The van der Waals surface area contributed by atoms with Crippen LogP contribution >= 0.6 is 11.6 Å². The molecule has 0 atom stereocenters. The molecule has 4 rings (SSSR count). The normalized spacial score (nSPS) is 10.5. The third-order valence-electron chi connectivity index (χ3n) is 5.60. The Bertz CT molecular complexity index is 1520. The number of nitrogens with zero attached hydrogens (tertiary/aromatic N) is 2. The Labute approximate surface area is 229 Å². The number of aromatic nitrogens is 2. The highest BCUT2D eigenvalue weighted by molar-refractivity contribution is 6.33. The number of carbonyl (C=O) groups is 3. The Morgan fingerprint density at radius 1 is 0.872 bits per heavy atom. The lowest BCUT2D eigenvalue weighted by atomic mass is 10.0. The van der Waals surface area contributed by atoms with Gasteiger partial charge in [0.2, 0.25) is 0 Å². The summed E-state index contributed by atoms with van der Waals surface area (Å²) in [5, 5.41) is 7.64. The minimum Gasteiger partial charge on any atom is -0.493 e. The Hall–Kier alpha value is -4.83. The first kappa shape index (κ1) is 27.2. The molecule has 0 aliphatic heterocycles. The minimum absolute atomic E-state index is 0.0805. The van der Waals surface area contributed by atoms with E-state index < -0.39 is 17.8 Å². The highest BCUT2D eigenvalue weighted by Gasteiger charge is 2.31. The summed E-state index contributed by atoms with van der Waals surface area (Å²) in [5.74, 6) is -1.43. The van der Waals surface area contributed by atoms with Gasteiger partial charge in [0.25, 0.3) is 5.91 Å². The summed E-state index contributed by atoms with van der Waals surface area (Å²) in [5.41, 5.74) is 1.41. The van der Waals surface area contributed by atoms with Crippen LogP contribution in [0, 0.1) is 0 Å². The summed E-state index contributed by atoms with van der Waals surface area (Å²) >= 11 is 6.09. The van der Waals surface area contributed by atoms with E-state index in [1.165, 1.54) is 26.0 Å². The van der Waals surface area contributed by atoms with E-state index >= 15 is 0 Å². The van der Waals surface area contributed by atoms with Gasteiger partial charge < -0.3 is 24.3 Å². The molecule has 0 aliphatic carbocycles. The SMILES string of the molecule is COC(=O)c1c(-c2ccc(OCC(=O)Nc3ccccc3Cl)c(OC)c2)nn(-c2ccccc2)c1C(=O)OC. The highest BCUT2D eigenvalue weighted by Crippen LogP contribution is 2.35. The van der Waals surface area contributed by atoms with Crippen molar-refractivity contribution in [2.75, 3.05) is 33.3 Å². The van der Waals surface area contributed by atoms with Gasteiger partial charge >= 0.3 is 11.9 Å². The van der Waals surface area contributed by atoms with E-state index in [-0.39, 0.29) is 35.1 Å². The summed E-state index contributed by atoms with van der Waals surface area (Å²) in [6.45, 7) is -0.316. The molecule has 4 aromatic rings. The molecule has 11 heteroatoms. The third kappa shape index (κ3) is 5.86. The number of hydrogen-bond acceptors (Lipinski definition) is 8. The number of anilines is 1. The molecule has 0 spiro atoms. The number of ether oxygens (including phenoxy) is 4. The van der Waals surface area contributed by atoms with Crippen LogP contribution in [0.25, 0.3) is 16.9 Å². The van der Waals surface area contributed by atoms with Crippen molar-refractivity contribution < 1.29 is 33.3 Å². The van der Waals surface area contributed by atoms with Crippen LogP contribution < -0.4 is 14.8 Å². The minimum atomic E-state index is -0.775. The number of halogens is 1. The molecule has 0 radical (unpaired) electrons. The van der Waals surface area contributed by atoms with E-state index in [0.29, 0.717) is 22.0 Å². The number of nitrogens with one attached hydrogen (secondary N) is 1. The molecule has 1 amide bonds. The number of esters is 2. The molecular weight excluding hydrogens is 526 g/mol. The summed E-state index contributed by atoms with van der Waals surface area (Å²) in [6, 6.07) is 20.4. The standard InChI is InChI=1S/C28H24ClN3O7/c1-36-22-15-17(13-14-21(22)39-16-23(33)30-20-12-8-7-11-19(20)29)25-24(27(34)37-2)26(28(35)38-3)32(31-25)18-9-5-4-6-10-18/h4-15H,16H2,1-3H3,(H,30,33). The van der Waals surface area contributed by atoms with Crippen LogP contribution in [0.2, 0.25) is 5.02 Å². The average Bonchev–Trinajstić information content (AvgIpc) is 3.37. The molecule has 200 valence electrons. The average molecular weight is 550 g/mol. The molecule has 0 unspecified atom stereocenters. The number of hydrogen-bond donors (Lipinski definition) is 1. The van der Waals surface area contributed by atoms with Crippen LogP contribution in [0.3, 0.4) is 0 Å². The fourth-order valence-corrected chi connectivity index (χ4v) is 3.97. The second-order valence-corrected chi connectivity index (χ2v) is 8.39. The number of amides is 1. The predicted octanol–water partition coefficient (Wildman–Crippen LogP) is 4.79. The van der Waals surface area contributed by atoms with Crippen molar-refractivity contribution in [3.8, 4) is 28.4 Å². The topological polar surface area (TPSA) is 118 Å². The second kappa shape index (κ2) is 12.1. The first-order chi connectivity index (χ1) is 18.9. The van der Waals surface area contributed by atoms with Crippen molar-refractivity contribution >= 4 is 35.1 Å². The van der Waals surface area contributed by atoms with Gasteiger partial charge in [-0.1, -0.05) is 41.9 Å². The molecule has 0 bridgehead atoms. The molecule has 1 aromatic heterocycles. The fraction of sp³-hybridized carbons (Fsp3) is 0.143. The molecule has 0 saturated heterocycles. The quantitative estimate of drug-likeness (QED) is 0.296. The Morgan fingerprint density at radius 3 is 2.23 bits per heavy atom. The number of benzene rings is 3. The summed E-state index contributed by atoms with van der Waals surface area (Å²) in [6.07, 6.45) is 0. The monoisotopic (exact) mass is 549 g/mol. The maximum absolute atomic E-state index is 12.9. The van der Waals surface area contributed by atoms with E-state index in [0.717, 1.165) is 0 Å². The van der Waals surface area contributed by atoms with Crippen LogP contribution in [-0.2, 0) is 14.3 Å². The number of methoxy groups -OCH3 is 3. The van der Waals surface area contributed by atoms with E-state index in [1.54, 1.807) is 66.7 Å². The molecular formula is C28H24ClN3O7. The van der Waals surface area contributed by atoms with Gasteiger partial charge in [-0.2, -0.15) is 5.10 Å². The number of carbonyl (C=O) groups excluding carboxylic acids is 3. The van der Waals surface area contributed by atoms with Crippen molar-refractivity contribution in [1.29, 1.82) is 0 Å². The lowest BCUT2D eigenvalue weighted by Gasteiger charge is -2.12. The van der Waals surface area contributed by atoms with Crippen LogP contribution in [0.1, 0.15) is 20.8 Å². The Morgan fingerprint density at radius 2 is 1.56 bits per heavy atom. The van der Waals surface area contributed by atoms with E-state index in [4.69, 9.17) is 30.5 Å². The van der Waals surface area contributed by atoms with Gasteiger partial charge in [-0.3, -0.25) is 4.79 Å². The predicted molar refractivity (Wildman–Crippen MR) is 144 cm³/mol. The van der Waals surface area contributed by atoms with E-state index in [9.17, 15) is 14.4 Å². The molecule has 1 N–H and O–H groups in total. The van der Waals surface area contributed by atoms with Gasteiger partial charge in [-0.15, -0.1) is 0 Å². The maximum atomic E-state index is 12.9. The summed E-state index contributed by atoms with van der Waals surface area (Å²) in [4.78, 5) is 38.1. The van der Waals surface area contributed by atoms with Gasteiger partial charge in [-0.25, -0.2) is 14.3 Å². The largest absolute Gasteiger partial charge is 0.493 e. The molecule has 0 aliphatic rings. The fourth-order valence-electron chi connectivity index (χ4n) is 3.78. The van der Waals surface area contributed by atoms with Crippen molar-refractivity contribution in [2.24, 2.45) is 0 Å².